The van der Waals surface area contributed by atoms with Crippen molar-refractivity contribution in [1.29, 1.82) is 0 Å². The Morgan fingerprint density at radius 3 is 2.58 bits per heavy atom. The van der Waals surface area contributed by atoms with E-state index in [9.17, 15) is 9.59 Å². The van der Waals surface area contributed by atoms with Crippen LogP contribution in [0.15, 0.2) is 59.5 Å². The predicted molar refractivity (Wildman–Crippen MR) is 159 cm³/mol. The SMILES string of the molecule is CCCCN(CCCNC(=O)CN1C(=O)/C(=C/c2ccc(Cl)cc2)SC2CCCCC21)Cc1ccccc1. The van der Waals surface area contributed by atoms with Crippen molar-refractivity contribution >= 4 is 41.3 Å². The highest BCUT2D eigenvalue weighted by Gasteiger charge is 2.41. The third-order valence-corrected chi connectivity index (χ3v) is 9.00. The minimum Gasteiger partial charge on any atom is -0.355 e. The number of carbonyl (C=O) groups is 2. The Kier molecular flexibility index (Phi) is 11.2. The lowest BCUT2D eigenvalue weighted by atomic mass is 9.93. The molecule has 204 valence electrons. The summed E-state index contributed by atoms with van der Waals surface area (Å²) in [6.45, 7) is 5.89. The zero-order valence-electron chi connectivity index (χ0n) is 22.4. The van der Waals surface area contributed by atoms with E-state index in [2.05, 4.69) is 41.4 Å². The molecule has 2 unspecified atom stereocenters. The van der Waals surface area contributed by atoms with Crippen LogP contribution in [-0.2, 0) is 16.1 Å². The second kappa shape index (κ2) is 14.8. The van der Waals surface area contributed by atoms with Crippen LogP contribution in [0.1, 0.15) is 63.0 Å². The van der Waals surface area contributed by atoms with Crippen molar-refractivity contribution in [2.24, 2.45) is 0 Å². The maximum atomic E-state index is 13.5. The molecule has 1 N–H and O–H groups in total. The molecular formula is C31H40ClN3O2S. The van der Waals surface area contributed by atoms with Crippen LogP contribution in [-0.4, -0.2) is 59.1 Å². The Morgan fingerprint density at radius 1 is 1.08 bits per heavy atom. The van der Waals surface area contributed by atoms with Gasteiger partial charge in [0.2, 0.25) is 5.91 Å². The maximum absolute atomic E-state index is 13.5. The standard InChI is InChI=1S/C31H40ClN3O2S/c1-2-3-19-34(22-25-10-5-4-6-11-25)20-9-18-33-30(36)23-35-27-12-7-8-13-28(27)38-29(31(35)37)21-24-14-16-26(32)17-15-24/h4-6,10-11,14-17,21,27-28H,2-3,7-9,12-13,18-20,22-23H2,1H3,(H,33,36)/b29-21-. The first-order valence-electron chi connectivity index (χ1n) is 14.0. The van der Waals surface area contributed by atoms with Crippen molar-refractivity contribution in [3.8, 4) is 0 Å². The van der Waals surface area contributed by atoms with Crippen molar-refractivity contribution in [3.63, 3.8) is 0 Å². The van der Waals surface area contributed by atoms with Crippen molar-refractivity contribution in [2.75, 3.05) is 26.2 Å². The molecule has 1 saturated carbocycles. The zero-order chi connectivity index (χ0) is 26.7. The molecule has 2 atom stereocenters. The minimum absolute atomic E-state index is 0.0307. The van der Waals surface area contributed by atoms with E-state index in [-0.39, 0.29) is 24.4 Å². The minimum atomic E-state index is -0.0661. The average molecular weight is 554 g/mol. The quantitative estimate of drug-likeness (QED) is 0.245. The molecule has 4 rings (SSSR count). The first-order chi connectivity index (χ1) is 18.5. The predicted octanol–water partition coefficient (Wildman–Crippen LogP) is 6.38. The maximum Gasteiger partial charge on any atom is 0.261 e. The number of fused-ring (bicyclic) bond motifs is 1. The van der Waals surface area contributed by atoms with Crippen molar-refractivity contribution in [2.45, 2.75) is 69.7 Å². The third kappa shape index (κ3) is 8.36. The lowest BCUT2D eigenvalue weighted by molar-refractivity contribution is -0.135. The fourth-order valence-corrected chi connectivity index (χ4v) is 6.91. The number of halogens is 1. The van der Waals surface area contributed by atoms with Crippen LogP contribution in [0.3, 0.4) is 0 Å². The van der Waals surface area contributed by atoms with Gasteiger partial charge in [-0.15, -0.1) is 11.8 Å². The molecule has 1 heterocycles. The van der Waals surface area contributed by atoms with Gasteiger partial charge in [-0.05, 0) is 61.6 Å². The number of thioether (sulfide) groups is 1. The van der Waals surface area contributed by atoms with E-state index < -0.39 is 0 Å². The number of amides is 2. The molecule has 2 amide bonds. The van der Waals surface area contributed by atoms with Gasteiger partial charge >= 0.3 is 0 Å². The van der Waals surface area contributed by atoms with Crippen LogP contribution in [0.2, 0.25) is 5.02 Å². The molecular weight excluding hydrogens is 514 g/mol. The van der Waals surface area contributed by atoms with Gasteiger partial charge in [-0.1, -0.05) is 80.3 Å². The highest BCUT2D eigenvalue weighted by molar-refractivity contribution is 8.04. The summed E-state index contributed by atoms with van der Waals surface area (Å²) in [6, 6.07) is 18.2. The van der Waals surface area contributed by atoms with E-state index in [0.29, 0.717) is 16.8 Å². The smallest absolute Gasteiger partial charge is 0.261 e. The van der Waals surface area contributed by atoms with Crippen LogP contribution in [0.5, 0.6) is 0 Å². The normalized spacial score (nSPS) is 20.6. The molecule has 2 aromatic carbocycles. The van der Waals surface area contributed by atoms with Crippen LogP contribution in [0.4, 0.5) is 0 Å². The van der Waals surface area contributed by atoms with E-state index in [1.165, 1.54) is 24.8 Å². The summed E-state index contributed by atoms with van der Waals surface area (Å²) in [5.74, 6) is -0.0968. The number of hydrogen-bond acceptors (Lipinski definition) is 4. The summed E-state index contributed by atoms with van der Waals surface area (Å²) < 4.78 is 0. The Balaban J connectivity index is 1.32. The van der Waals surface area contributed by atoms with Crippen LogP contribution in [0.25, 0.3) is 6.08 Å². The largest absolute Gasteiger partial charge is 0.355 e. The molecule has 2 fully saturated rings. The monoisotopic (exact) mass is 553 g/mol. The van der Waals surface area contributed by atoms with Gasteiger partial charge in [-0.2, -0.15) is 0 Å². The molecule has 5 nitrogen and oxygen atoms in total. The van der Waals surface area contributed by atoms with Gasteiger partial charge in [0.25, 0.3) is 5.91 Å². The van der Waals surface area contributed by atoms with Gasteiger partial charge in [0, 0.05) is 35.9 Å². The van der Waals surface area contributed by atoms with Crippen LogP contribution in [0, 0.1) is 0 Å². The van der Waals surface area contributed by atoms with Gasteiger partial charge in [0.05, 0.1) is 4.91 Å². The van der Waals surface area contributed by atoms with Gasteiger partial charge < -0.3 is 10.2 Å². The lowest BCUT2D eigenvalue weighted by Crippen LogP contribution is -2.54. The topological polar surface area (TPSA) is 52.7 Å². The summed E-state index contributed by atoms with van der Waals surface area (Å²) >= 11 is 7.72. The van der Waals surface area contributed by atoms with Crippen molar-refractivity contribution in [3.05, 3.63) is 75.7 Å². The van der Waals surface area contributed by atoms with Gasteiger partial charge in [0.1, 0.15) is 6.54 Å². The number of carbonyl (C=O) groups excluding carboxylic acids is 2. The Hall–Kier alpha value is -2.28. The van der Waals surface area contributed by atoms with Gasteiger partial charge in [-0.25, -0.2) is 0 Å². The number of nitrogens with zero attached hydrogens (tertiary/aromatic N) is 2. The van der Waals surface area contributed by atoms with E-state index in [4.69, 9.17) is 11.6 Å². The molecule has 0 spiro atoms. The molecule has 2 aromatic rings. The van der Waals surface area contributed by atoms with E-state index in [1.807, 2.05) is 41.3 Å². The average Bonchev–Trinajstić information content (AvgIpc) is 2.93. The number of rotatable bonds is 12. The van der Waals surface area contributed by atoms with Gasteiger partial charge in [-0.3, -0.25) is 14.5 Å². The molecule has 38 heavy (non-hydrogen) atoms. The van der Waals surface area contributed by atoms with Crippen molar-refractivity contribution in [1.82, 2.24) is 15.1 Å². The Bertz CT molecular complexity index is 1080. The number of benzene rings is 2. The Morgan fingerprint density at radius 2 is 1.82 bits per heavy atom. The van der Waals surface area contributed by atoms with E-state index in [0.717, 1.165) is 55.8 Å². The first kappa shape index (κ1) is 28.7. The second-order valence-electron chi connectivity index (χ2n) is 10.3. The molecule has 1 aliphatic heterocycles. The van der Waals surface area contributed by atoms with Crippen molar-refractivity contribution < 1.29 is 9.59 Å². The third-order valence-electron chi connectivity index (χ3n) is 7.35. The Labute approximate surface area is 237 Å². The first-order valence-corrected chi connectivity index (χ1v) is 15.3. The zero-order valence-corrected chi connectivity index (χ0v) is 24.0. The molecule has 0 aromatic heterocycles. The summed E-state index contributed by atoms with van der Waals surface area (Å²) in [4.78, 5) is 31.5. The summed E-state index contributed by atoms with van der Waals surface area (Å²) in [7, 11) is 0. The van der Waals surface area contributed by atoms with Gasteiger partial charge in [0.15, 0.2) is 0 Å². The number of hydrogen-bond donors (Lipinski definition) is 1. The summed E-state index contributed by atoms with van der Waals surface area (Å²) in [6.07, 6.45) is 9.50. The van der Waals surface area contributed by atoms with E-state index in [1.54, 1.807) is 11.8 Å². The molecule has 0 bridgehead atoms. The fraction of sp³-hybridized carbons (Fsp3) is 0.484. The molecule has 1 aliphatic carbocycles. The molecule has 2 aliphatic rings. The highest BCUT2D eigenvalue weighted by atomic mass is 35.5. The second-order valence-corrected chi connectivity index (χ2v) is 12.0. The van der Waals surface area contributed by atoms with Crippen LogP contribution >= 0.6 is 23.4 Å². The highest BCUT2D eigenvalue weighted by Crippen LogP contribution is 2.42. The summed E-state index contributed by atoms with van der Waals surface area (Å²) in [5.41, 5.74) is 2.27. The summed E-state index contributed by atoms with van der Waals surface area (Å²) in [5, 5.41) is 4.11. The molecule has 1 saturated heterocycles. The molecule has 0 radical (unpaired) electrons. The fourth-order valence-electron chi connectivity index (χ4n) is 5.31. The van der Waals surface area contributed by atoms with Crippen LogP contribution < -0.4 is 5.32 Å². The number of nitrogens with one attached hydrogen (secondary N) is 1. The van der Waals surface area contributed by atoms with E-state index >= 15 is 0 Å². The molecule has 7 heteroatoms. The lowest BCUT2D eigenvalue weighted by Gasteiger charge is -2.43. The number of unbranched alkanes of at least 4 members (excludes halogenated alkanes) is 1.